The highest BCUT2D eigenvalue weighted by atomic mass is 16.5. The number of carbonyl (C=O) groups excluding carboxylic acids is 2. The number of benzene rings is 1. The number of nitrogens with one attached hydrogen (secondary N) is 1. The molecule has 0 unspecified atom stereocenters. The van der Waals surface area contributed by atoms with Crippen LogP contribution in [0.15, 0.2) is 36.8 Å². The second-order valence-electron chi connectivity index (χ2n) is 9.45. The van der Waals surface area contributed by atoms with Gasteiger partial charge < -0.3 is 20.1 Å². The van der Waals surface area contributed by atoms with E-state index in [4.69, 9.17) is 4.74 Å². The van der Waals surface area contributed by atoms with Gasteiger partial charge in [-0.3, -0.25) is 9.59 Å². The number of rotatable bonds is 8. The molecule has 1 aromatic carbocycles. The van der Waals surface area contributed by atoms with Crippen LogP contribution < -0.4 is 10.1 Å². The number of hydrogen-bond donors (Lipinski definition) is 2. The summed E-state index contributed by atoms with van der Waals surface area (Å²) in [4.78, 5) is 32.0. The fraction of sp³-hybridized carbons (Fsp3) is 0.417. The fourth-order valence-electron chi connectivity index (χ4n) is 3.88. The van der Waals surface area contributed by atoms with E-state index in [1.54, 1.807) is 47.8 Å². The molecule has 2 amide bonds. The molecule has 1 aliphatic carbocycles. The second kappa shape index (κ2) is 8.15. The van der Waals surface area contributed by atoms with Crippen LogP contribution in [0.5, 0.6) is 5.75 Å². The minimum Gasteiger partial charge on any atom is -0.491 e. The molecule has 0 radical (unpaired) electrons. The number of hydrogen-bond acceptors (Lipinski definition) is 6. The molecule has 1 saturated carbocycles. The number of nitrogens with zero attached hydrogens (tertiary/aromatic N) is 4. The van der Waals surface area contributed by atoms with Crippen molar-refractivity contribution < 1.29 is 19.4 Å². The van der Waals surface area contributed by atoms with Crippen LogP contribution in [0.3, 0.4) is 0 Å². The molecule has 0 spiro atoms. The largest absolute Gasteiger partial charge is 0.491 e. The molecule has 3 aromatic rings. The van der Waals surface area contributed by atoms with E-state index >= 15 is 0 Å². The first-order valence-corrected chi connectivity index (χ1v) is 11.2. The monoisotopic (exact) mass is 449 g/mol. The van der Waals surface area contributed by atoms with E-state index in [1.165, 1.54) is 6.20 Å². The van der Waals surface area contributed by atoms with Gasteiger partial charge in [0.2, 0.25) is 0 Å². The summed E-state index contributed by atoms with van der Waals surface area (Å²) in [6.45, 7) is 4.89. The molecule has 2 N–H and O–H groups in total. The van der Waals surface area contributed by atoms with Crippen molar-refractivity contribution in [2.24, 2.45) is 5.92 Å². The lowest BCUT2D eigenvalue weighted by atomic mass is 10.1. The van der Waals surface area contributed by atoms with Crippen LogP contribution in [0.2, 0.25) is 0 Å². The minimum absolute atomic E-state index is 0.0878. The van der Waals surface area contributed by atoms with Crippen LogP contribution in [0.1, 0.15) is 59.4 Å². The second-order valence-corrected chi connectivity index (χ2v) is 9.45. The zero-order valence-electron chi connectivity index (χ0n) is 18.7. The van der Waals surface area contributed by atoms with Crippen molar-refractivity contribution in [2.45, 2.75) is 45.3 Å². The first kappa shape index (κ1) is 21.4. The molecule has 33 heavy (non-hydrogen) atoms. The molecule has 3 heterocycles. The molecule has 9 nitrogen and oxygen atoms in total. The van der Waals surface area contributed by atoms with E-state index in [9.17, 15) is 14.7 Å². The number of anilines is 1. The molecule has 9 heteroatoms. The summed E-state index contributed by atoms with van der Waals surface area (Å²) in [5.41, 5.74) is 1.88. The first-order chi connectivity index (χ1) is 15.8. The van der Waals surface area contributed by atoms with Crippen LogP contribution in [0.25, 0.3) is 5.65 Å². The van der Waals surface area contributed by atoms with Crippen molar-refractivity contribution in [3.63, 3.8) is 0 Å². The molecule has 1 fully saturated rings. The van der Waals surface area contributed by atoms with Crippen molar-refractivity contribution in [3.05, 3.63) is 53.5 Å². The zero-order chi connectivity index (χ0) is 23.2. The summed E-state index contributed by atoms with van der Waals surface area (Å²) in [6.07, 6.45) is 7.56. The quantitative estimate of drug-likeness (QED) is 0.547. The SMILES string of the molecule is CC(C)(O)CCN1Cc2cc(NC(=O)c3cnn4cccnc34)c(OCC3CC3)cc2C1=O. The highest BCUT2D eigenvalue weighted by Gasteiger charge is 2.31. The van der Waals surface area contributed by atoms with Gasteiger partial charge in [0.1, 0.15) is 11.3 Å². The van der Waals surface area contributed by atoms with Crippen LogP contribution in [0, 0.1) is 5.92 Å². The Morgan fingerprint density at radius 2 is 2.15 bits per heavy atom. The summed E-state index contributed by atoms with van der Waals surface area (Å²) in [7, 11) is 0. The fourth-order valence-corrected chi connectivity index (χ4v) is 3.88. The maximum absolute atomic E-state index is 13.1. The first-order valence-electron chi connectivity index (χ1n) is 11.2. The average Bonchev–Trinajstić information content (AvgIpc) is 3.42. The lowest BCUT2D eigenvalue weighted by Crippen LogP contribution is -2.31. The predicted octanol–water partition coefficient (Wildman–Crippen LogP) is 2.89. The predicted molar refractivity (Wildman–Crippen MR) is 121 cm³/mol. The van der Waals surface area contributed by atoms with Gasteiger partial charge in [-0.1, -0.05) is 0 Å². The molecule has 0 bridgehead atoms. The maximum Gasteiger partial charge on any atom is 0.261 e. The standard InChI is InChI=1S/C24H27N5O4/c1-24(2,32)6-9-28-13-16-10-19(20(11-17(16)23(28)31)33-14-15-4-5-15)27-22(30)18-12-26-29-8-3-7-25-21(18)29/h3,7-8,10-12,15,32H,4-6,9,13-14H2,1-2H3,(H,27,30). The van der Waals surface area contributed by atoms with Crippen molar-refractivity contribution in [1.82, 2.24) is 19.5 Å². The van der Waals surface area contributed by atoms with Gasteiger partial charge in [0, 0.05) is 31.0 Å². The number of aliphatic hydroxyl groups is 1. The van der Waals surface area contributed by atoms with Crippen LogP contribution >= 0.6 is 0 Å². The number of fused-ring (bicyclic) bond motifs is 2. The highest BCUT2D eigenvalue weighted by Crippen LogP contribution is 2.36. The Hall–Kier alpha value is -3.46. The Kier molecular flexibility index (Phi) is 5.28. The van der Waals surface area contributed by atoms with E-state index in [1.807, 2.05) is 6.07 Å². The van der Waals surface area contributed by atoms with Gasteiger partial charge in [0.05, 0.1) is 24.1 Å². The third-order valence-corrected chi connectivity index (χ3v) is 6.02. The Bertz CT molecular complexity index is 1230. The van der Waals surface area contributed by atoms with Crippen molar-refractivity contribution in [1.29, 1.82) is 0 Å². The average molecular weight is 450 g/mol. The van der Waals surface area contributed by atoms with Crippen LogP contribution in [-0.4, -0.2) is 55.2 Å². The van der Waals surface area contributed by atoms with Crippen LogP contribution in [-0.2, 0) is 6.54 Å². The van der Waals surface area contributed by atoms with Gasteiger partial charge in [-0.15, -0.1) is 0 Å². The zero-order valence-corrected chi connectivity index (χ0v) is 18.7. The van der Waals surface area contributed by atoms with Crippen molar-refractivity contribution >= 4 is 23.1 Å². The number of aromatic nitrogens is 3. The lowest BCUT2D eigenvalue weighted by molar-refractivity contribution is 0.0517. The summed E-state index contributed by atoms with van der Waals surface area (Å²) in [5, 5.41) is 17.2. The lowest BCUT2D eigenvalue weighted by Gasteiger charge is -2.22. The Balaban J connectivity index is 1.42. The maximum atomic E-state index is 13.1. The third kappa shape index (κ3) is 4.54. The van der Waals surface area contributed by atoms with E-state index in [0.717, 1.165) is 18.4 Å². The molecule has 172 valence electrons. The summed E-state index contributed by atoms with van der Waals surface area (Å²) in [5.74, 6) is 0.569. The summed E-state index contributed by atoms with van der Waals surface area (Å²) < 4.78 is 7.57. The van der Waals surface area contributed by atoms with Gasteiger partial charge in [0.25, 0.3) is 11.8 Å². The molecule has 0 saturated heterocycles. The molecular weight excluding hydrogens is 422 g/mol. The Labute approximate surface area is 191 Å². The van der Waals surface area contributed by atoms with Crippen LogP contribution in [0.4, 0.5) is 5.69 Å². The number of amides is 2. The van der Waals surface area contributed by atoms with Gasteiger partial charge in [0.15, 0.2) is 5.65 Å². The van der Waals surface area contributed by atoms with Crippen molar-refractivity contribution in [2.75, 3.05) is 18.5 Å². The third-order valence-electron chi connectivity index (χ3n) is 6.02. The summed E-state index contributed by atoms with van der Waals surface area (Å²) >= 11 is 0. The normalized spacial score (nSPS) is 15.7. The molecule has 0 atom stereocenters. The topological polar surface area (TPSA) is 109 Å². The van der Waals surface area contributed by atoms with Gasteiger partial charge in [-0.2, -0.15) is 5.10 Å². The van der Waals surface area contributed by atoms with Gasteiger partial charge in [-0.25, -0.2) is 9.50 Å². The van der Waals surface area contributed by atoms with E-state index in [2.05, 4.69) is 15.4 Å². The Morgan fingerprint density at radius 3 is 2.91 bits per heavy atom. The molecule has 2 aromatic heterocycles. The number of ether oxygens (including phenoxy) is 1. The molecule has 5 rings (SSSR count). The van der Waals surface area contributed by atoms with E-state index in [0.29, 0.717) is 60.2 Å². The summed E-state index contributed by atoms with van der Waals surface area (Å²) in [6, 6.07) is 5.29. The van der Waals surface area contributed by atoms with E-state index < -0.39 is 5.60 Å². The Morgan fingerprint density at radius 1 is 1.33 bits per heavy atom. The van der Waals surface area contributed by atoms with E-state index in [-0.39, 0.29) is 11.8 Å². The van der Waals surface area contributed by atoms with Gasteiger partial charge in [-0.05, 0) is 62.8 Å². The van der Waals surface area contributed by atoms with Crippen molar-refractivity contribution in [3.8, 4) is 5.75 Å². The smallest absolute Gasteiger partial charge is 0.261 e. The molecular formula is C24H27N5O4. The molecule has 2 aliphatic rings. The molecule has 1 aliphatic heterocycles. The highest BCUT2D eigenvalue weighted by molar-refractivity contribution is 6.09. The minimum atomic E-state index is -0.852. The van der Waals surface area contributed by atoms with Gasteiger partial charge >= 0.3 is 0 Å². The number of carbonyl (C=O) groups is 2.